The van der Waals surface area contributed by atoms with Crippen molar-refractivity contribution in [1.29, 1.82) is 0 Å². The topological polar surface area (TPSA) is 44.4 Å². The van der Waals surface area contributed by atoms with Gasteiger partial charge in [-0.05, 0) is 47.1 Å². The van der Waals surface area contributed by atoms with Crippen LogP contribution in [0.3, 0.4) is 0 Å². The van der Waals surface area contributed by atoms with E-state index in [1.54, 1.807) is 0 Å². The number of halogens is 2. The van der Waals surface area contributed by atoms with Gasteiger partial charge in [0.2, 0.25) is 0 Å². The van der Waals surface area contributed by atoms with Gasteiger partial charge in [-0.2, -0.15) is 0 Å². The Kier molecular flexibility index (Phi) is 6.48. The number of amides is 1. The molecule has 1 fully saturated rings. The van der Waals surface area contributed by atoms with Crippen LogP contribution in [-0.4, -0.2) is 50.1 Å². The molecule has 1 aliphatic rings. The summed E-state index contributed by atoms with van der Waals surface area (Å²) in [6.07, 6.45) is 0.983. The van der Waals surface area contributed by atoms with Gasteiger partial charge < -0.3 is 15.5 Å². The minimum absolute atomic E-state index is 0.0292. The van der Waals surface area contributed by atoms with E-state index in [9.17, 15) is 4.79 Å². The summed E-state index contributed by atoms with van der Waals surface area (Å²) in [4.78, 5) is 14.5. The quantitative estimate of drug-likeness (QED) is 0.739. The SMILES string of the molecule is O=C(NCCCN1CCNCC1)c1cc(Br)ccc1Br. The Bertz CT molecular complexity index is 462. The van der Waals surface area contributed by atoms with Crippen molar-refractivity contribution in [3.8, 4) is 0 Å². The highest BCUT2D eigenvalue weighted by Gasteiger charge is 2.11. The Morgan fingerprint density at radius 1 is 1.30 bits per heavy atom. The smallest absolute Gasteiger partial charge is 0.252 e. The Balaban J connectivity index is 1.73. The molecule has 0 saturated carbocycles. The molecule has 110 valence electrons. The van der Waals surface area contributed by atoms with Crippen molar-refractivity contribution < 1.29 is 4.79 Å². The van der Waals surface area contributed by atoms with Crippen molar-refractivity contribution in [2.75, 3.05) is 39.3 Å². The summed E-state index contributed by atoms with van der Waals surface area (Å²) in [6.45, 7) is 6.09. The number of nitrogens with one attached hydrogen (secondary N) is 2. The average molecular weight is 405 g/mol. The van der Waals surface area contributed by atoms with Gasteiger partial charge >= 0.3 is 0 Å². The third kappa shape index (κ3) is 4.84. The van der Waals surface area contributed by atoms with E-state index < -0.39 is 0 Å². The molecule has 0 atom stereocenters. The predicted octanol–water partition coefficient (Wildman–Crippen LogP) is 2.24. The number of carbonyl (C=O) groups excluding carboxylic acids is 1. The summed E-state index contributed by atoms with van der Waals surface area (Å²) in [5.74, 6) is -0.0292. The molecule has 1 saturated heterocycles. The third-order valence-corrected chi connectivity index (χ3v) is 4.50. The van der Waals surface area contributed by atoms with Crippen molar-refractivity contribution >= 4 is 37.8 Å². The van der Waals surface area contributed by atoms with Gasteiger partial charge in [-0.25, -0.2) is 0 Å². The second-order valence-electron chi connectivity index (χ2n) is 4.83. The fourth-order valence-electron chi connectivity index (χ4n) is 2.21. The molecule has 1 heterocycles. The van der Waals surface area contributed by atoms with Gasteiger partial charge in [-0.15, -0.1) is 0 Å². The number of benzene rings is 1. The molecule has 1 aromatic carbocycles. The summed E-state index contributed by atoms with van der Waals surface area (Å²) in [7, 11) is 0. The summed E-state index contributed by atoms with van der Waals surface area (Å²) in [5.41, 5.74) is 0.668. The van der Waals surface area contributed by atoms with Crippen LogP contribution in [0.2, 0.25) is 0 Å². The van der Waals surface area contributed by atoms with Crippen LogP contribution in [0.15, 0.2) is 27.1 Å². The molecular formula is C14H19Br2N3O. The third-order valence-electron chi connectivity index (χ3n) is 3.32. The highest BCUT2D eigenvalue weighted by atomic mass is 79.9. The molecule has 1 aliphatic heterocycles. The van der Waals surface area contributed by atoms with Crippen LogP contribution in [0.5, 0.6) is 0 Å². The lowest BCUT2D eigenvalue weighted by molar-refractivity contribution is 0.0950. The first-order chi connectivity index (χ1) is 9.66. The van der Waals surface area contributed by atoms with Crippen LogP contribution in [0, 0.1) is 0 Å². The molecule has 2 N–H and O–H groups in total. The molecule has 2 rings (SSSR count). The van der Waals surface area contributed by atoms with E-state index in [1.807, 2.05) is 18.2 Å². The zero-order valence-electron chi connectivity index (χ0n) is 11.3. The maximum atomic E-state index is 12.1. The van der Waals surface area contributed by atoms with E-state index in [-0.39, 0.29) is 5.91 Å². The lowest BCUT2D eigenvalue weighted by Crippen LogP contribution is -2.44. The second kappa shape index (κ2) is 8.12. The lowest BCUT2D eigenvalue weighted by Gasteiger charge is -2.27. The van der Waals surface area contributed by atoms with Gasteiger partial charge in [-0.1, -0.05) is 15.9 Å². The average Bonchev–Trinajstić information content (AvgIpc) is 2.47. The van der Waals surface area contributed by atoms with E-state index in [0.717, 1.165) is 48.1 Å². The van der Waals surface area contributed by atoms with E-state index in [2.05, 4.69) is 47.4 Å². The van der Waals surface area contributed by atoms with E-state index in [0.29, 0.717) is 12.1 Å². The number of carbonyl (C=O) groups is 1. The van der Waals surface area contributed by atoms with Crippen molar-refractivity contribution in [2.45, 2.75) is 6.42 Å². The van der Waals surface area contributed by atoms with Crippen LogP contribution < -0.4 is 10.6 Å². The lowest BCUT2D eigenvalue weighted by atomic mass is 10.2. The van der Waals surface area contributed by atoms with Gasteiger partial charge in [0.25, 0.3) is 5.91 Å². The molecule has 20 heavy (non-hydrogen) atoms. The summed E-state index contributed by atoms with van der Waals surface area (Å²) in [6, 6.07) is 5.61. The van der Waals surface area contributed by atoms with E-state index in [4.69, 9.17) is 0 Å². The fraction of sp³-hybridized carbons (Fsp3) is 0.500. The van der Waals surface area contributed by atoms with Gasteiger partial charge in [0.05, 0.1) is 5.56 Å². The number of piperazine rings is 1. The Morgan fingerprint density at radius 2 is 2.05 bits per heavy atom. The van der Waals surface area contributed by atoms with Crippen LogP contribution >= 0.6 is 31.9 Å². The molecule has 1 aromatic rings. The number of nitrogens with zero attached hydrogens (tertiary/aromatic N) is 1. The van der Waals surface area contributed by atoms with E-state index >= 15 is 0 Å². The summed E-state index contributed by atoms with van der Waals surface area (Å²) >= 11 is 6.79. The van der Waals surface area contributed by atoms with Crippen LogP contribution in [0.25, 0.3) is 0 Å². The predicted molar refractivity (Wildman–Crippen MR) is 88.1 cm³/mol. The van der Waals surface area contributed by atoms with Crippen molar-refractivity contribution in [1.82, 2.24) is 15.5 Å². The standard InChI is InChI=1S/C14H19Br2N3O/c15-11-2-3-13(16)12(10-11)14(20)18-4-1-7-19-8-5-17-6-9-19/h2-3,10,17H,1,4-9H2,(H,18,20). The largest absolute Gasteiger partial charge is 0.352 e. The molecule has 0 radical (unpaired) electrons. The monoisotopic (exact) mass is 403 g/mol. The fourth-order valence-corrected chi connectivity index (χ4v) is 2.99. The molecule has 4 nitrogen and oxygen atoms in total. The highest BCUT2D eigenvalue weighted by molar-refractivity contribution is 9.11. The van der Waals surface area contributed by atoms with E-state index in [1.165, 1.54) is 0 Å². The van der Waals surface area contributed by atoms with Crippen molar-refractivity contribution in [2.24, 2.45) is 0 Å². The minimum atomic E-state index is -0.0292. The molecule has 0 bridgehead atoms. The first-order valence-corrected chi connectivity index (χ1v) is 8.42. The molecule has 6 heteroatoms. The number of hydrogen-bond acceptors (Lipinski definition) is 3. The first kappa shape index (κ1) is 15.9. The zero-order chi connectivity index (χ0) is 14.4. The number of hydrogen-bond donors (Lipinski definition) is 2. The first-order valence-electron chi connectivity index (χ1n) is 6.83. The molecular weight excluding hydrogens is 386 g/mol. The van der Waals surface area contributed by atoms with Gasteiger partial charge in [0, 0.05) is 41.7 Å². The van der Waals surface area contributed by atoms with Gasteiger partial charge in [-0.3, -0.25) is 4.79 Å². The van der Waals surface area contributed by atoms with Crippen molar-refractivity contribution in [3.63, 3.8) is 0 Å². The number of rotatable bonds is 5. The van der Waals surface area contributed by atoms with Crippen LogP contribution in [0.1, 0.15) is 16.8 Å². The normalized spacial score (nSPS) is 16.1. The van der Waals surface area contributed by atoms with Gasteiger partial charge in [0.15, 0.2) is 0 Å². The van der Waals surface area contributed by atoms with Crippen molar-refractivity contribution in [3.05, 3.63) is 32.7 Å². The second-order valence-corrected chi connectivity index (χ2v) is 6.60. The molecule has 0 unspecified atom stereocenters. The van der Waals surface area contributed by atoms with Crippen LogP contribution in [-0.2, 0) is 0 Å². The minimum Gasteiger partial charge on any atom is -0.352 e. The molecule has 0 aliphatic carbocycles. The maximum Gasteiger partial charge on any atom is 0.252 e. The summed E-state index contributed by atoms with van der Waals surface area (Å²) in [5, 5.41) is 6.31. The zero-order valence-corrected chi connectivity index (χ0v) is 14.5. The highest BCUT2D eigenvalue weighted by Crippen LogP contribution is 2.21. The van der Waals surface area contributed by atoms with Crippen LogP contribution in [0.4, 0.5) is 0 Å². The maximum absolute atomic E-state index is 12.1. The van der Waals surface area contributed by atoms with Gasteiger partial charge in [0.1, 0.15) is 0 Å². The Hall–Kier alpha value is -0.430. The summed E-state index contributed by atoms with van der Waals surface area (Å²) < 4.78 is 1.73. The Morgan fingerprint density at radius 3 is 2.80 bits per heavy atom. The molecule has 1 amide bonds. The molecule has 0 aromatic heterocycles. The molecule has 0 spiro atoms. The Labute approximate surface area is 136 Å².